The Morgan fingerprint density at radius 3 is 2.62 bits per heavy atom. The number of amides is 2. The summed E-state index contributed by atoms with van der Waals surface area (Å²) in [4.78, 5) is 29.5. The number of hydrogen-bond donors (Lipinski definition) is 3. The zero-order valence-electron chi connectivity index (χ0n) is 28.8. The Morgan fingerprint density at radius 2 is 1.92 bits per heavy atom. The monoisotopic (exact) mass is 695 g/mol. The second-order valence-electron chi connectivity index (χ2n) is 13.3. The molecule has 1 aromatic heterocycles. The molecule has 270 valence electrons. The molecule has 0 bridgehead atoms. The average Bonchev–Trinajstić information content (AvgIpc) is 3.78. The summed E-state index contributed by atoms with van der Waals surface area (Å²) >= 11 is 0. The molecule has 2 aromatic carbocycles. The normalized spacial score (nSPS) is 18.3. The van der Waals surface area contributed by atoms with Gasteiger partial charge in [-0.05, 0) is 87.3 Å². The van der Waals surface area contributed by atoms with Crippen molar-refractivity contribution in [1.82, 2.24) is 25.3 Å². The van der Waals surface area contributed by atoms with Crippen molar-refractivity contribution in [3.8, 4) is 5.75 Å². The van der Waals surface area contributed by atoms with Crippen LogP contribution in [0.2, 0.25) is 0 Å². The van der Waals surface area contributed by atoms with Crippen molar-refractivity contribution in [3.63, 3.8) is 0 Å². The van der Waals surface area contributed by atoms with Crippen LogP contribution >= 0.6 is 0 Å². The van der Waals surface area contributed by atoms with E-state index in [-0.39, 0.29) is 30.6 Å². The molecule has 2 heterocycles. The van der Waals surface area contributed by atoms with Crippen LogP contribution in [0.25, 0.3) is 0 Å². The quantitative estimate of drug-likeness (QED) is 0.153. The minimum atomic E-state index is -4.47. The molecule has 0 spiro atoms. The van der Waals surface area contributed by atoms with Crippen LogP contribution in [0, 0.1) is 0 Å². The summed E-state index contributed by atoms with van der Waals surface area (Å²) in [5.41, 5.74) is 0.284. The number of aliphatic hydroxyl groups excluding tert-OH is 1. The number of benzene rings is 2. The van der Waals surface area contributed by atoms with Crippen LogP contribution in [0.5, 0.6) is 5.75 Å². The lowest BCUT2D eigenvalue weighted by molar-refractivity contribution is -0.137. The Hall–Kier alpha value is -4.16. The third kappa shape index (κ3) is 8.95. The highest BCUT2D eigenvalue weighted by atomic mass is 19.4. The molecule has 1 unspecified atom stereocenters. The average molecular weight is 696 g/mol. The minimum Gasteiger partial charge on any atom is -0.490 e. The van der Waals surface area contributed by atoms with Gasteiger partial charge < -0.3 is 25.4 Å². The molecule has 2 aliphatic rings. The molecule has 1 aliphatic carbocycles. The molecule has 2 fully saturated rings. The SMILES string of the molecule is C=CCOc1cccc(C[C@H](NC(=O)c2cc(C(=O)N3CCCCC3CCC)n(CC)n2)[C@H](O)CNC2(c3cccc(C(F)(F)F)c3)CC2)c1. The van der Waals surface area contributed by atoms with E-state index in [1.165, 1.54) is 12.1 Å². The molecular weight excluding hydrogens is 647 g/mol. The lowest BCUT2D eigenvalue weighted by Crippen LogP contribution is -2.50. The lowest BCUT2D eigenvalue weighted by atomic mass is 9.97. The predicted octanol–water partition coefficient (Wildman–Crippen LogP) is 6.26. The molecule has 1 saturated heterocycles. The van der Waals surface area contributed by atoms with Crippen LogP contribution in [-0.2, 0) is 24.7 Å². The largest absolute Gasteiger partial charge is 0.490 e. The van der Waals surface area contributed by atoms with Gasteiger partial charge in [0.2, 0.25) is 0 Å². The first-order chi connectivity index (χ1) is 24.0. The smallest absolute Gasteiger partial charge is 0.416 e. The van der Waals surface area contributed by atoms with Gasteiger partial charge in [-0.2, -0.15) is 18.3 Å². The van der Waals surface area contributed by atoms with Crippen molar-refractivity contribution in [2.24, 2.45) is 0 Å². The molecule has 12 heteroatoms. The molecular formula is C38H48F3N5O4. The molecule has 0 radical (unpaired) electrons. The van der Waals surface area contributed by atoms with Gasteiger partial charge in [0.1, 0.15) is 18.1 Å². The molecule has 3 aromatic rings. The zero-order valence-corrected chi connectivity index (χ0v) is 28.8. The Balaban J connectivity index is 1.35. The van der Waals surface area contributed by atoms with Gasteiger partial charge in [0.15, 0.2) is 5.69 Å². The number of alkyl halides is 3. The maximum Gasteiger partial charge on any atom is 0.416 e. The van der Waals surface area contributed by atoms with Crippen molar-refractivity contribution in [3.05, 3.63) is 95.3 Å². The number of aromatic nitrogens is 2. The standard InChI is InChI=1S/C38H48F3N5O4/c1-4-11-29-15-7-8-19-45(29)36(49)33-24-32(44-46(33)6-3)35(48)43-31(22-26-12-9-16-30(21-26)50-20-5-2)34(47)25-42-37(17-18-37)27-13-10-14-28(23-27)38(39,40)41/h5,9-10,12-14,16,21,23-24,29,31,34,42,47H,2,4,6-8,11,15,17-20,22,25H2,1,3H3,(H,43,48)/t29?,31-,34+/m0/s1. The first kappa shape index (κ1) is 37.1. The first-order valence-electron chi connectivity index (χ1n) is 17.6. The molecule has 9 nitrogen and oxygen atoms in total. The molecule has 50 heavy (non-hydrogen) atoms. The van der Waals surface area contributed by atoms with E-state index in [4.69, 9.17) is 4.74 Å². The number of ether oxygens (including phenoxy) is 1. The van der Waals surface area contributed by atoms with E-state index in [2.05, 4.69) is 29.2 Å². The fraction of sp³-hybridized carbons (Fsp3) is 0.500. The first-order valence-corrected chi connectivity index (χ1v) is 17.6. The number of aliphatic hydroxyl groups is 1. The van der Waals surface area contributed by atoms with Gasteiger partial charge in [-0.15, -0.1) is 0 Å². The van der Waals surface area contributed by atoms with Crippen LogP contribution in [0.4, 0.5) is 13.2 Å². The second kappa shape index (κ2) is 16.2. The van der Waals surface area contributed by atoms with E-state index in [1.54, 1.807) is 22.9 Å². The summed E-state index contributed by atoms with van der Waals surface area (Å²) in [6.07, 6.45) is 2.35. The van der Waals surface area contributed by atoms with E-state index in [0.717, 1.165) is 49.8 Å². The number of likely N-dealkylation sites (tertiary alicyclic amines) is 1. The van der Waals surface area contributed by atoms with E-state index in [0.29, 0.717) is 49.5 Å². The Kier molecular flexibility index (Phi) is 12.1. The fourth-order valence-corrected chi connectivity index (χ4v) is 6.81. The van der Waals surface area contributed by atoms with E-state index in [1.807, 2.05) is 30.0 Å². The van der Waals surface area contributed by atoms with E-state index >= 15 is 0 Å². The van der Waals surface area contributed by atoms with Gasteiger partial charge in [-0.3, -0.25) is 14.3 Å². The summed E-state index contributed by atoms with van der Waals surface area (Å²) < 4.78 is 47.6. The number of carbonyl (C=O) groups is 2. The number of carbonyl (C=O) groups excluding carboxylic acids is 2. The Bertz CT molecular complexity index is 1630. The van der Waals surface area contributed by atoms with E-state index in [9.17, 15) is 27.9 Å². The maximum atomic E-state index is 13.8. The summed E-state index contributed by atoms with van der Waals surface area (Å²) in [6.45, 7) is 9.03. The molecule has 3 N–H and O–H groups in total. The number of nitrogens with zero attached hydrogens (tertiary/aromatic N) is 3. The van der Waals surface area contributed by atoms with Gasteiger partial charge >= 0.3 is 6.18 Å². The molecule has 1 saturated carbocycles. The summed E-state index contributed by atoms with van der Waals surface area (Å²) in [7, 11) is 0. The predicted molar refractivity (Wildman–Crippen MR) is 185 cm³/mol. The number of aryl methyl sites for hydroxylation is 1. The van der Waals surface area contributed by atoms with Crippen LogP contribution in [0.15, 0.2) is 67.3 Å². The van der Waals surface area contributed by atoms with Crippen molar-refractivity contribution >= 4 is 11.8 Å². The van der Waals surface area contributed by atoms with Crippen LogP contribution in [0.1, 0.15) is 96.5 Å². The second-order valence-corrected chi connectivity index (χ2v) is 13.3. The molecule has 2 amide bonds. The van der Waals surface area contributed by atoms with Crippen LogP contribution < -0.4 is 15.4 Å². The summed E-state index contributed by atoms with van der Waals surface area (Å²) in [5, 5.41) is 22.3. The van der Waals surface area contributed by atoms with Crippen molar-refractivity contribution in [2.75, 3.05) is 19.7 Å². The highest BCUT2D eigenvalue weighted by Gasteiger charge is 2.45. The van der Waals surface area contributed by atoms with Gasteiger partial charge in [0.25, 0.3) is 11.8 Å². The lowest BCUT2D eigenvalue weighted by Gasteiger charge is -2.35. The van der Waals surface area contributed by atoms with E-state index < -0.39 is 35.3 Å². The maximum absolute atomic E-state index is 13.8. The third-order valence-corrected chi connectivity index (χ3v) is 9.69. The zero-order chi connectivity index (χ0) is 35.9. The highest BCUT2D eigenvalue weighted by molar-refractivity contribution is 5.98. The number of hydrogen-bond acceptors (Lipinski definition) is 6. The van der Waals surface area contributed by atoms with Crippen molar-refractivity contribution in [1.29, 1.82) is 0 Å². The van der Waals surface area contributed by atoms with Gasteiger partial charge in [-0.1, -0.05) is 50.3 Å². The van der Waals surface area contributed by atoms with Crippen LogP contribution in [0.3, 0.4) is 0 Å². The third-order valence-electron chi connectivity index (χ3n) is 9.69. The number of nitrogens with one attached hydrogen (secondary N) is 2. The van der Waals surface area contributed by atoms with Crippen molar-refractivity contribution in [2.45, 2.75) is 102 Å². The van der Waals surface area contributed by atoms with Gasteiger partial charge in [0, 0.05) is 37.3 Å². The fourth-order valence-electron chi connectivity index (χ4n) is 6.81. The Morgan fingerprint density at radius 1 is 1.14 bits per heavy atom. The summed E-state index contributed by atoms with van der Waals surface area (Å²) in [5.74, 6) is -0.0828. The van der Waals surface area contributed by atoms with Gasteiger partial charge in [-0.25, -0.2) is 0 Å². The number of halogens is 3. The minimum absolute atomic E-state index is 0.00869. The Labute approximate surface area is 291 Å². The van der Waals surface area contributed by atoms with Crippen LogP contribution in [-0.4, -0.2) is 69.5 Å². The number of piperidine rings is 1. The van der Waals surface area contributed by atoms with Crippen molar-refractivity contribution < 1.29 is 32.6 Å². The molecule has 1 aliphatic heterocycles. The topological polar surface area (TPSA) is 109 Å². The van der Waals surface area contributed by atoms with Gasteiger partial charge in [0.05, 0.1) is 17.7 Å². The molecule has 5 rings (SSSR count). The number of rotatable bonds is 16. The summed E-state index contributed by atoms with van der Waals surface area (Å²) in [6, 6.07) is 13.4. The molecule has 3 atom stereocenters. The highest BCUT2D eigenvalue weighted by Crippen LogP contribution is 2.46.